The molecule has 0 aliphatic carbocycles. The highest BCUT2D eigenvalue weighted by atomic mass is 32.2. The molecule has 114 valence electrons. The van der Waals surface area contributed by atoms with Gasteiger partial charge in [0.1, 0.15) is 0 Å². The van der Waals surface area contributed by atoms with Crippen LogP contribution in [0.3, 0.4) is 0 Å². The summed E-state index contributed by atoms with van der Waals surface area (Å²) in [6.07, 6.45) is 0.315. The Bertz CT molecular complexity index is 514. The van der Waals surface area contributed by atoms with E-state index in [0.717, 1.165) is 17.3 Å². The number of nitrogens with one attached hydrogen (secondary N) is 1. The Morgan fingerprint density at radius 2 is 1.76 bits per heavy atom. The highest BCUT2D eigenvalue weighted by Crippen LogP contribution is 2.11. The standard InChI is InChI=1S/C14H18N2O4S/c1-16(2)13(18)7-10-3-5-11(6-4-10)15-12(17)8-21-9-14(19)20/h3-6H,7-9H2,1-2H3,(H,15,17)(H,19,20). The van der Waals surface area contributed by atoms with Crippen LogP contribution in [-0.4, -0.2) is 53.4 Å². The molecule has 0 aliphatic heterocycles. The smallest absolute Gasteiger partial charge is 0.313 e. The predicted octanol–water partition coefficient (Wildman–Crippen LogP) is 1.07. The fourth-order valence-electron chi connectivity index (χ4n) is 1.47. The molecule has 21 heavy (non-hydrogen) atoms. The molecule has 0 bridgehead atoms. The normalized spacial score (nSPS) is 10.0. The first-order valence-corrected chi connectivity index (χ1v) is 7.42. The molecular weight excluding hydrogens is 292 g/mol. The zero-order chi connectivity index (χ0) is 15.8. The van der Waals surface area contributed by atoms with Crippen LogP contribution in [0.25, 0.3) is 0 Å². The van der Waals surface area contributed by atoms with E-state index in [4.69, 9.17) is 5.11 Å². The number of carbonyl (C=O) groups is 3. The molecule has 7 heteroatoms. The molecule has 0 saturated carbocycles. The van der Waals surface area contributed by atoms with Crippen molar-refractivity contribution in [2.75, 3.05) is 30.9 Å². The van der Waals surface area contributed by atoms with Gasteiger partial charge in [-0.05, 0) is 17.7 Å². The minimum atomic E-state index is -0.942. The number of amides is 2. The van der Waals surface area contributed by atoms with Crippen LogP contribution in [0.2, 0.25) is 0 Å². The van der Waals surface area contributed by atoms with Gasteiger partial charge in [0.2, 0.25) is 11.8 Å². The van der Waals surface area contributed by atoms with E-state index in [1.54, 1.807) is 38.4 Å². The lowest BCUT2D eigenvalue weighted by atomic mass is 10.1. The third-order valence-corrected chi connectivity index (χ3v) is 3.47. The Hall–Kier alpha value is -2.02. The van der Waals surface area contributed by atoms with Gasteiger partial charge in [0.15, 0.2) is 0 Å². The molecule has 2 amide bonds. The molecular formula is C14H18N2O4S. The molecule has 0 aromatic heterocycles. The monoisotopic (exact) mass is 310 g/mol. The summed E-state index contributed by atoms with van der Waals surface area (Å²) < 4.78 is 0. The van der Waals surface area contributed by atoms with E-state index >= 15 is 0 Å². The van der Waals surface area contributed by atoms with E-state index in [1.807, 2.05) is 0 Å². The topological polar surface area (TPSA) is 86.7 Å². The van der Waals surface area contributed by atoms with Gasteiger partial charge in [-0.1, -0.05) is 12.1 Å². The van der Waals surface area contributed by atoms with Crippen molar-refractivity contribution in [1.82, 2.24) is 4.90 Å². The Balaban J connectivity index is 2.45. The van der Waals surface area contributed by atoms with Gasteiger partial charge >= 0.3 is 5.97 Å². The van der Waals surface area contributed by atoms with Crippen LogP contribution in [0.1, 0.15) is 5.56 Å². The van der Waals surface area contributed by atoms with E-state index in [0.29, 0.717) is 12.1 Å². The Morgan fingerprint density at radius 3 is 2.29 bits per heavy atom. The molecule has 0 saturated heterocycles. The number of benzene rings is 1. The Kier molecular flexibility index (Phi) is 6.74. The SMILES string of the molecule is CN(C)C(=O)Cc1ccc(NC(=O)CSCC(=O)O)cc1. The second-order valence-electron chi connectivity index (χ2n) is 4.60. The summed E-state index contributed by atoms with van der Waals surface area (Å²) in [5, 5.41) is 11.1. The van der Waals surface area contributed by atoms with Gasteiger partial charge in [-0.25, -0.2) is 0 Å². The van der Waals surface area contributed by atoms with E-state index in [1.165, 1.54) is 4.90 Å². The molecule has 2 N–H and O–H groups in total. The molecule has 1 aromatic rings. The lowest BCUT2D eigenvalue weighted by Gasteiger charge is -2.10. The maximum Gasteiger partial charge on any atom is 0.313 e. The predicted molar refractivity (Wildman–Crippen MR) is 82.4 cm³/mol. The third-order valence-electron chi connectivity index (χ3n) is 2.55. The summed E-state index contributed by atoms with van der Waals surface area (Å²) in [5.74, 6) is -1.19. The van der Waals surface area contributed by atoms with Crippen molar-refractivity contribution in [1.29, 1.82) is 0 Å². The molecule has 0 aliphatic rings. The number of hydrogen-bond donors (Lipinski definition) is 2. The van der Waals surface area contributed by atoms with E-state index in [2.05, 4.69) is 5.32 Å². The first-order chi connectivity index (χ1) is 9.88. The van der Waals surface area contributed by atoms with E-state index in [9.17, 15) is 14.4 Å². The molecule has 0 radical (unpaired) electrons. The molecule has 1 rings (SSSR count). The van der Waals surface area contributed by atoms with Crippen LogP contribution in [0.15, 0.2) is 24.3 Å². The van der Waals surface area contributed by atoms with Gasteiger partial charge < -0.3 is 15.3 Å². The summed E-state index contributed by atoms with van der Waals surface area (Å²) in [6.45, 7) is 0. The summed E-state index contributed by atoms with van der Waals surface area (Å²) >= 11 is 1.04. The van der Waals surface area contributed by atoms with E-state index < -0.39 is 5.97 Å². The quantitative estimate of drug-likeness (QED) is 0.787. The lowest BCUT2D eigenvalue weighted by molar-refractivity contribution is -0.134. The number of carboxylic acid groups (broad SMARTS) is 1. The maximum absolute atomic E-state index is 11.6. The minimum Gasteiger partial charge on any atom is -0.481 e. The van der Waals surface area contributed by atoms with Crippen molar-refractivity contribution in [3.63, 3.8) is 0 Å². The molecule has 0 heterocycles. The van der Waals surface area contributed by atoms with Crippen LogP contribution in [0, 0.1) is 0 Å². The molecule has 0 unspecified atom stereocenters. The first-order valence-electron chi connectivity index (χ1n) is 6.27. The van der Waals surface area contributed by atoms with Crippen LogP contribution in [0.5, 0.6) is 0 Å². The average molecular weight is 310 g/mol. The average Bonchev–Trinajstić information content (AvgIpc) is 2.40. The number of carbonyl (C=O) groups excluding carboxylic acids is 2. The second kappa shape index (κ2) is 8.31. The van der Waals surface area contributed by atoms with E-state index in [-0.39, 0.29) is 23.3 Å². The zero-order valence-electron chi connectivity index (χ0n) is 12.0. The summed E-state index contributed by atoms with van der Waals surface area (Å²) in [6, 6.07) is 7.00. The fourth-order valence-corrected chi connectivity index (χ4v) is 2.00. The number of likely N-dealkylation sites (N-methyl/N-ethyl adjacent to an activating group) is 1. The third kappa shape index (κ3) is 6.80. The molecule has 0 fully saturated rings. The van der Waals surface area contributed by atoms with Crippen LogP contribution >= 0.6 is 11.8 Å². The summed E-state index contributed by atoms with van der Waals surface area (Å²) in [7, 11) is 3.40. The Labute approximate surface area is 127 Å². The molecule has 0 atom stereocenters. The molecule has 0 spiro atoms. The molecule has 1 aromatic carbocycles. The van der Waals surface area contributed by atoms with Crippen LogP contribution in [0.4, 0.5) is 5.69 Å². The van der Waals surface area contributed by atoms with Crippen LogP contribution < -0.4 is 5.32 Å². The Morgan fingerprint density at radius 1 is 1.14 bits per heavy atom. The van der Waals surface area contributed by atoms with Gasteiger partial charge in [0.25, 0.3) is 0 Å². The maximum atomic E-state index is 11.6. The highest BCUT2D eigenvalue weighted by Gasteiger charge is 2.07. The fraction of sp³-hybridized carbons (Fsp3) is 0.357. The van der Waals surface area contributed by atoms with Crippen molar-refractivity contribution in [2.24, 2.45) is 0 Å². The van der Waals surface area contributed by atoms with Crippen molar-refractivity contribution in [2.45, 2.75) is 6.42 Å². The van der Waals surface area contributed by atoms with Gasteiger partial charge in [-0.3, -0.25) is 14.4 Å². The number of rotatable bonds is 7. The number of nitrogens with zero attached hydrogens (tertiary/aromatic N) is 1. The van der Waals surface area contributed by atoms with Crippen LogP contribution in [-0.2, 0) is 20.8 Å². The van der Waals surface area contributed by atoms with Crippen molar-refractivity contribution < 1.29 is 19.5 Å². The number of carboxylic acids is 1. The van der Waals surface area contributed by atoms with Gasteiger partial charge in [0.05, 0.1) is 17.9 Å². The van der Waals surface area contributed by atoms with Crippen molar-refractivity contribution >= 4 is 35.2 Å². The summed E-state index contributed by atoms with van der Waals surface area (Å²) in [5.41, 5.74) is 1.49. The molecule has 6 nitrogen and oxygen atoms in total. The number of hydrogen-bond acceptors (Lipinski definition) is 4. The number of aliphatic carboxylic acids is 1. The second-order valence-corrected chi connectivity index (χ2v) is 5.58. The zero-order valence-corrected chi connectivity index (χ0v) is 12.8. The summed E-state index contributed by atoms with van der Waals surface area (Å²) in [4.78, 5) is 35.0. The number of thioether (sulfide) groups is 1. The minimum absolute atomic E-state index is 0.0110. The van der Waals surface area contributed by atoms with Crippen molar-refractivity contribution in [3.8, 4) is 0 Å². The highest BCUT2D eigenvalue weighted by molar-refractivity contribution is 8.00. The largest absolute Gasteiger partial charge is 0.481 e. The number of anilines is 1. The first kappa shape index (κ1) is 17.0. The van der Waals surface area contributed by atoms with Gasteiger partial charge in [-0.15, -0.1) is 11.8 Å². The lowest BCUT2D eigenvalue weighted by Crippen LogP contribution is -2.23. The van der Waals surface area contributed by atoms with Gasteiger partial charge in [0, 0.05) is 19.8 Å². The van der Waals surface area contributed by atoms with Crippen molar-refractivity contribution in [3.05, 3.63) is 29.8 Å². The van der Waals surface area contributed by atoms with Gasteiger partial charge in [-0.2, -0.15) is 0 Å².